The predicted octanol–water partition coefficient (Wildman–Crippen LogP) is 8.78. The van der Waals surface area contributed by atoms with Crippen LogP contribution in [0.3, 0.4) is 0 Å². The van der Waals surface area contributed by atoms with Crippen LogP contribution in [0.5, 0.6) is 0 Å². The largest absolute Gasteiger partial charge is 0.496 e. The summed E-state index contributed by atoms with van der Waals surface area (Å²) in [4.78, 5) is 0. The molecule has 0 atom stereocenters. The summed E-state index contributed by atoms with van der Waals surface area (Å²) < 4.78 is 13.5. The van der Waals surface area contributed by atoms with Crippen molar-refractivity contribution in [1.82, 2.24) is 0 Å². The molecular formula is C36H31BO2. The van der Waals surface area contributed by atoms with Crippen molar-refractivity contribution < 1.29 is 9.31 Å². The predicted molar refractivity (Wildman–Crippen MR) is 166 cm³/mol. The summed E-state index contributed by atoms with van der Waals surface area (Å²) in [5.74, 6) is 0. The van der Waals surface area contributed by atoms with Crippen molar-refractivity contribution in [3.63, 3.8) is 0 Å². The Hall–Kier alpha value is -3.92. The molecule has 0 saturated carbocycles. The fourth-order valence-electron chi connectivity index (χ4n) is 5.90. The normalized spacial score (nSPS) is 16.4. The van der Waals surface area contributed by atoms with Crippen LogP contribution in [-0.4, -0.2) is 18.3 Å². The second-order valence-electron chi connectivity index (χ2n) is 11.6. The molecule has 0 N–H and O–H groups in total. The first-order chi connectivity index (χ1) is 18.8. The Labute approximate surface area is 230 Å². The van der Waals surface area contributed by atoms with Crippen molar-refractivity contribution in [3.8, 4) is 22.3 Å². The summed E-state index contributed by atoms with van der Waals surface area (Å²) in [6.07, 6.45) is 0. The van der Waals surface area contributed by atoms with Crippen LogP contribution in [0.4, 0.5) is 0 Å². The molecule has 6 aromatic carbocycles. The Morgan fingerprint density at radius 1 is 0.462 bits per heavy atom. The van der Waals surface area contributed by atoms with Crippen LogP contribution in [0, 0.1) is 0 Å². The lowest BCUT2D eigenvalue weighted by Crippen LogP contribution is -2.41. The van der Waals surface area contributed by atoms with Gasteiger partial charge < -0.3 is 9.31 Å². The van der Waals surface area contributed by atoms with Gasteiger partial charge in [0.15, 0.2) is 0 Å². The molecule has 0 aliphatic carbocycles. The fourth-order valence-corrected chi connectivity index (χ4v) is 5.90. The van der Waals surface area contributed by atoms with Gasteiger partial charge in [-0.15, -0.1) is 0 Å². The SMILES string of the molecule is CC1(C)OB(c2c(-c3cccc4ccccc34)ccc3ccc(-c4cccc5ccccc45)cc23)OC1(C)C. The van der Waals surface area contributed by atoms with E-state index in [1.807, 2.05) is 0 Å². The Bertz CT molecular complexity index is 1850. The number of benzene rings is 6. The zero-order chi connectivity index (χ0) is 26.8. The highest BCUT2D eigenvalue weighted by atomic mass is 16.7. The molecule has 1 fully saturated rings. The maximum Gasteiger partial charge on any atom is 0.496 e. The highest BCUT2D eigenvalue weighted by molar-refractivity contribution is 6.67. The topological polar surface area (TPSA) is 18.5 Å². The third-order valence-electron chi connectivity index (χ3n) is 8.73. The highest BCUT2D eigenvalue weighted by Gasteiger charge is 2.52. The average Bonchev–Trinajstić information content (AvgIpc) is 3.17. The quantitative estimate of drug-likeness (QED) is 0.223. The molecule has 0 unspecified atom stereocenters. The molecule has 1 aliphatic heterocycles. The van der Waals surface area contributed by atoms with E-state index in [-0.39, 0.29) is 0 Å². The van der Waals surface area contributed by atoms with E-state index in [2.05, 4.69) is 143 Å². The van der Waals surface area contributed by atoms with Crippen LogP contribution in [0.2, 0.25) is 0 Å². The van der Waals surface area contributed by atoms with Crippen LogP contribution in [0.25, 0.3) is 54.6 Å². The molecule has 6 aromatic rings. The van der Waals surface area contributed by atoms with Crippen LogP contribution in [0.1, 0.15) is 27.7 Å². The minimum absolute atomic E-state index is 0.441. The molecule has 3 heteroatoms. The van der Waals surface area contributed by atoms with Crippen molar-refractivity contribution >= 4 is 44.9 Å². The number of hydrogen-bond acceptors (Lipinski definition) is 2. The maximum absolute atomic E-state index is 6.73. The molecule has 2 nitrogen and oxygen atoms in total. The van der Waals surface area contributed by atoms with E-state index in [4.69, 9.17) is 9.31 Å². The van der Waals surface area contributed by atoms with Gasteiger partial charge in [0.25, 0.3) is 0 Å². The van der Waals surface area contributed by atoms with Gasteiger partial charge in [-0.25, -0.2) is 0 Å². The lowest BCUT2D eigenvalue weighted by molar-refractivity contribution is 0.00578. The first-order valence-corrected chi connectivity index (χ1v) is 13.7. The second kappa shape index (κ2) is 8.81. The first kappa shape index (κ1) is 24.1. The second-order valence-corrected chi connectivity index (χ2v) is 11.6. The van der Waals surface area contributed by atoms with Gasteiger partial charge in [0.05, 0.1) is 11.2 Å². The fraction of sp³-hybridized carbons (Fsp3) is 0.167. The van der Waals surface area contributed by atoms with E-state index in [0.717, 1.165) is 16.4 Å². The molecule has 1 heterocycles. The van der Waals surface area contributed by atoms with Crippen LogP contribution in [0.15, 0.2) is 115 Å². The van der Waals surface area contributed by atoms with Gasteiger partial charge in [-0.1, -0.05) is 109 Å². The van der Waals surface area contributed by atoms with Gasteiger partial charge >= 0.3 is 7.12 Å². The van der Waals surface area contributed by atoms with Gasteiger partial charge in [-0.05, 0) is 93.8 Å². The van der Waals surface area contributed by atoms with Gasteiger partial charge in [-0.2, -0.15) is 0 Å². The average molecular weight is 506 g/mol. The van der Waals surface area contributed by atoms with Crippen LogP contribution >= 0.6 is 0 Å². The van der Waals surface area contributed by atoms with Gasteiger partial charge in [0, 0.05) is 0 Å². The molecule has 0 amide bonds. The van der Waals surface area contributed by atoms with Crippen molar-refractivity contribution in [3.05, 3.63) is 115 Å². The highest BCUT2D eigenvalue weighted by Crippen LogP contribution is 2.40. The number of fused-ring (bicyclic) bond motifs is 3. The zero-order valence-electron chi connectivity index (χ0n) is 22.9. The van der Waals surface area contributed by atoms with Gasteiger partial charge in [-0.3, -0.25) is 0 Å². The van der Waals surface area contributed by atoms with Crippen molar-refractivity contribution in [1.29, 1.82) is 0 Å². The molecular weight excluding hydrogens is 475 g/mol. The summed E-state index contributed by atoms with van der Waals surface area (Å²) in [7, 11) is -0.490. The molecule has 190 valence electrons. The molecule has 0 aromatic heterocycles. The minimum Gasteiger partial charge on any atom is -0.399 e. The Kier molecular flexibility index (Phi) is 5.45. The van der Waals surface area contributed by atoms with Gasteiger partial charge in [0.1, 0.15) is 0 Å². The van der Waals surface area contributed by atoms with E-state index >= 15 is 0 Å². The van der Waals surface area contributed by atoms with E-state index < -0.39 is 18.3 Å². The van der Waals surface area contributed by atoms with Crippen molar-refractivity contribution in [2.45, 2.75) is 38.9 Å². The molecule has 1 saturated heterocycles. The number of hydrogen-bond donors (Lipinski definition) is 0. The van der Waals surface area contributed by atoms with E-state index in [1.54, 1.807) is 0 Å². The maximum atomic E-state index is 6.73. The summed E-state index contributed by atoms with van der Waals surface area (Å²) in [5.41, 5.74) is 4.96. The summed E-state index contributed by atoms with van der Waals surface area (Å²) in [5, 5.41) is 7.27. The minimum atomic E-state index is -0.490. The lowest BCUT2D eigenvalue weighted by atomic mass is 9.71. The third kappa shape index (κ3) is 3.88. The zero-order valence-corrected chi connectivity index (χ0v) is 22.9. The van der Waals surface area contributed by atoms with Crippen LogP contribution < -0.4 is 5.46 Å². The molecule has 0 spiro atoms. The Balaban J connectivity index is 1.53. The van der Waals surface area contributed by atoms with Crippen LogP contribution in [-0.2, 0) is 9.31 Å². The smallest absolute Gasteiger partial charge is 0.399 e. The molecule has 0 bridgehead atoms. The van der Waals surface area contributed by atoms with E-state index in [9.17, 15) is 0 Å². The first-order valence-electron chi connectivity index (χ1n) is 13.7. The lowest BCUT2D eigenvalue weighted by Gasteiger charge is -2.32. The van der Waals surface area contributed by atoms with E-state index in [0.29, 0.717) is 0 Å². The summed E-state index contributed by atoms with van der Waals surface area (Å²) >= 11 is 0. The van der Waals surface area contributed by atoms with Crippen molar-refractivity contribution in [2.75, 3.05) is 0 Å². The van der Waals surface area contributed by atoms with Gasteiger partial charge in [0.2, 0.25) is 0 Å². The third-order valence-corrected chi connectivity index (χ3v) is 8.73. The number of rotatable bonds is 3. The summed E-state index contributed by atoms with van der Waals surface area (Å²) in [6.45, 7) is 8.49. The standard InChI is InChI=1S/C36H31BO2/c1-35(2)36(3,4)39-37(38-35)34-32(31-18-10-14-25-12-6-8-16-29(25)31)22-21-26-19-20-27(23-33(26)34)30-17-9-13-24-11-5-7-15-28(24)30/h5-23H,1-4H3. The van der Waals surface area contributed by atoms with Crippen molar-refractivity contribution in [2.24, 2.45) is 0 Å². The Morgan fingerprint density at radius 3 is 1.64 bits per heavy atom. The molecule has 39 heavy (non-hydrogen) atoms. The summed E-state index contributed by atoms with van der Waals surface area (Å²) in [6, 6.07) is 41.5. The molecule has 0 radical (unpaired) electrons. The monoisotopic (exact) mass is 506 g/mol. The molecule has 7 rings (SSSR count). The Morgan fingerprint density at radius 2 is 0.974 bits per heavy atom. The molecule has 1 aliphatic rings. The van der Waals surface area contributed by atoms with E-state index in [1.165, 1.54) is 43.6 Å².